The van der Waals surface area contributed by atoms with Crippen LogP contribution in [0.1, 0.15) is 17.6 Å². The lowest BCUT2D eigenvalue weighted by molar-refractivity contribution is -0.387. The number of rotatable bonds is 3. The first-order chi connectivity index (χ1) is 6.99. The Morgan fingerprint density at radius 2 is 2.20 bits per heavy atom. The quantitative estimate of drug-likeness (QED) is 0.364. The van der Waals surface area contributed by atoms with E-state index in [-0.39, 0.29) is 15.5 Å². The zero-order valence-electron chi connectivity index (χ0n) is 7.08. The molecule has 0 aliphatic rings. The Bertz CT molecular complexity index is 401. The molecule has 0 atom stereocenters. The molecule has 0 radical (unpaired) electrons. The van der Waals surface area contributed by atoms with Crippen molar-refractivity contribution in [1.82, 2.24) is 4.98 Å². The molecule has 0 saturated heterocycles. The van der Waals surface area contributed by atoms with Gasteiger partial charge < -0.3 is 0 Å². The van der Waals surface area contributed by atoms with E-state index in [2.05, 4.69) is 36.8 Å². The summed E-state index contributed by atoms with van der Waals surface area (Å²) in [6, 6.07) is 0. The fourth-order valence-electron chi connectivity index (χ4n) is 1.04. The van der Waals surface area contributed by atoms with E-state index in [1.54, 1.807) is 0 Å². The monoisotopic (exact) mass is 344 g/mol. The van der Waals surface area contributed by atoms with E-state index in [0.29, 0.717) is 0 Å². The smallest absolute Gasteiger partial charge is 0.258 e. The number of hydrogen-bond acceptors (Lipinski definition) is 3. The minimum atomic E-state index is -2.94. The maximum absolute atomic E-state index is 12.6. The first kappa shape index (κ1) is 12.4. The second-order valence-corrected chi connectivity index (χ2v) is 3.84. The maximum Gasteiger partial charge on any atom is 0.286 e. The minimum Gasteiger partial charge on any atom is -0.258 e. The highest BCUT2D eigenvalue weighted by Crippen LogP contribution is 2.36. The van der Waals surface area contributed by atoms with Crippen LogP contribution < -0.4 is 0 Å². The third-order valence-corrected chi connectivity index (χ3v) is 2.90. The molecule has 15 heavy (non-hydrogen) atoms. The Hall–Kier alpha value is -0.630. The van der Waals surface area contributed by atoms with E-state index in [9.17, 15) is 18.9 Å². The van der Waals surface area contributed by atoms with Crippen molar-refractivity contribution in [2.75, 3.05) is 0 Å². The largest absolute Gasteiger partial charge is 0.286 e. The predicted octanol–water partition coefficient (Wildman–Crippen LogP) is 3.58. The minimum absolute atomic E-state index is 0.101. The van der Waals surface area contributed by atoms with Crippen molar-refractivity contribution in [3.05, 3.63) is 32.0 Å². The van der Waals surface area contributed by atoms with E-state index in [1.807, 2.05) is 0 Å². The van der Waals surface area contributed by atoms with E-state index < -0.39 is 22.6 Å². The summed E-state index contributed by atoms with van der Waals surface area (Å²) in [5, 5.41) is 10.8. The van der Waals surface area contributed by atoms with Gasteiger partial charge in [0.05, 0.1) is 10.5 Å². The van der Waals surface area contributed by atoms with Crippen molar-refractivity contribution in [3.8, 4) is 0 Å². The molecule has 0 fully saturated rings. The van der Waals surface area contributed by atoms with Crippen LogP contribution in [0.3, 0.4) is 0 Å². The van der Waals surface area contributed by atoms with Gasteiger partial charge in [-0.2, -0.15) is 0 Å². The molecular formula is C7H4Br2F2N2O2. The van der Waals surface area contributed by atoms with Gasteiger partial charge in [0.25, 0.3) is 12.1 Å². The fourth-order valence-corrected chi connectivity index (χ4v) is 1.92. The van der Waals surface area contributed by atoms with Gasteiger partial charge in [0.2, 0.25) is 0 Å². The van der Waals surface area contributed by atoms with Crippen LogP contribution in [0, 0.1) is 10.1 Å². The van der Waals surface area contributed by atoms with Crippen LogP contribution in [0.5, 0.6) is 0 Å². The van der Waals surface area contributed by atoms with Gasteiger partial charge in [-0.3, -0.25) is 10.1 Å². The standard InChI is InChI=1S/C7H4Br2F2N2O2/c8-1-3-2-12-6(9)4(7(10)11)5(3)13(14)15/h2,7H,1H2. The van der Waals surface area contributed by atoms with Crippen molar-refractivity contribution in [1.29, 1.82) is 0 Å². The second-order valence-electron chi connectivity index (χ2n) is 2.53. The Morgan fingerprint density at radius 1 is 1.60 bits per heavy atom. The molecule has 0 aromatic carbocycles. The molecule has 0 amide bonds. The number of nitro groups is 1. The third-order valence-electron chi connectivity index (χ3n) is 1.66. The van der Waals surface area contributed by atoms with Crippen LogP contribution in [-0.2, 0) is 5.33 Å². The maximum atomic E-state index is 12.6. The van der Waals surface area contributed by atoms with Gasteiger partial charge in [0.15, 0.2) is 0 Å². The first-order valence-corrected chi connectivity index (χ1v) is 5.56. The number of hydrogen-bond donors (Lipinski definition) is 0. The highest BCUT2D eigenvalue weighted by molar-refractivity contribution is 9.10. The predicted molar refractivity (Wildman–Crippen MR) is 56.2 cm³/mol. The summed E-state index contributed by atoms with van der Waals surface area (Å²) < 4.78 is 25.0. The normalized spacial score (nSPS) is 10.7. The summed E-state index contributed by atoms with van der Waals surface area (Å²) >= 11 is 5.75. The van der Waals surface area contributed by atoms with Crippen molar-refractivity contribution >= 4 is 37.5 Å². The zero-order valence-corrected chi connectivity index (χ0v) is 10.3. The molecule has 0 unspecified atom stereocenters. The van der Waals surface area contributed by atoms with E-state index in [1.165, 1.54) is 6.20 Å². The summed E-state index contributed by atoms with van der Waals surface area (Å²) in [5.41, 5.74) is -1.15. The third kappa shape index (κ3) is 2.49. The topological polar surface area (TPSA) is 56.0 Å². The zero-order chi connectivity index (χ0) is 11.6. The molecule has 0 saturated carbocycles. The number of pyridine rings is 1. The molecule has 0 N–H and O–H groups in total. The van der Waals surface area contributed by atoms with Gasteiger partial charge >= 0.3 is 0 Å². The Labute approximate surface area is 100 Å². The number of alkyl halides is 3. The van der Waals surface area contributed by atoms with Crippen molar-refractivity contribution in [3.63, 3.8) is 0 Å². The van der Waals surface area contributed by atoms with Gasteiger partial charge in [0.1, 0.15) is 10.2 Å². The highest BCUT2D eigenvalue weighted by Gasteiger charge is 2.28. The van der Waals surface area contributed by atoms with E-state index >= 15 is 0 Å². The van der Waals surface area contributed by atoms with E-state index in [0.717, 1.165) is 0 Å². The summed E-state index contributed by atoms with van der Waals surface area (Å²) in [4.78, 5) is 13.4. The molecule has 1 aromatic rings. The van der Waals surface area contributed by atoms with Gasteiger partial charge in [0, 0.05) is 11.5 Å². The van der Waals surface area contributed by atoms with Crippen LogP contribution >= 0.6 is 31.9 Å². The van der Waals surface area contributed by atoms with Crippen LogP contribution in [-0.4, -0.2) is 9.91 Å². The molecular weight excluding hydrogens is 342 g/mol. The molecule has 0 spiro atoms. The lowest BCUT2D eigenvalue weighted by Gasteiger charge is -2.06. The Morgan fingerprint density at radius 3 is 2.60 bits per heavy atom. The summed E-state index contributed by atoms with van der Waals surface area (Å²) in [5.74, 6) is 0. The van der Waals surface area contributed by atoms with Crippen LogP contribution in [0.2, 0.25) is 0 Å². The van der Waals surface area contributed by atoms with Crippen molar-refractivity contribution < 1.29 is 13.7 Å². The number of halogens is 4. The molecule has 8 heteroatoms. The van der Waals surface area contributed by atoms with E-state index in [4.69, 9.17) is 0 Å². The van der Waals surface area contributed by atoms with Crippen LogP contribution in [0.15, 0.2) is 10.8 Å². The second kappa shape index (κ2) is 4.93. The van der Waals surface area contributed by atoms with Crippen LogP contribution in [0.25, 0.3) is 0 Å². The molecule has 4 nitrogen and oxygen atoms in total. The molecule has 1 heterocycles. The molecule has 1 aromatic heterocycles. The Balaban J connectivity index is 3.51. The lowest BCUT2D eigenvalue weighted by atomic mass is 10.2. The van der Waals surface area contributed by atoms with Gasteiger partial charge in [-0.25, -0.2) is 13.8 Å². The highest BCUT2D eigenvalue weighted by atomic mass is 79.9. The van der Waals surface area contributed by atoms with Crippen LogP contribution in [0.4, 0.5) is 14.5 Å². The van der Waals surface area contributed by atoms with Gasteiger partial charge in [-0.05, 0) is 15.9 Å². The molecule has 0 aliphatic carbocycles. The molecule has 82 valence electrons. The summed E-state index contributed by atoms with van der Waals surface area (Å²) in [6.45, 7) is 0. The first-order valence-electron chi connectivity index (χ1n) is 3.64. The van der Waals surface area contributed by atoms with Gasteiger partial charge in [-0.15, -0.1) is 0 Å². The fraction of sp³-hybridized carbons (Fsp3) is 0.286. The lowest BCUT2D eigenvalue weighted by Crippen LogP contribution is -2.02. The molecule has 0 bridgehead atoms. The van der Waals surface area contributed by atoms with Crippen molar-refractivity contribution in [2.45, 2.75) is 11.8 Å². The van der Waals surface area contributed by atoms with Gasteiger partial charge in [-0.1, -0.05) is 15.9 Å². The van der Waals surface area contributed by atoms with Crippen molar-refractivity contribution in [2.24, 2.45) is 0 Å². The SMILES string of the molecule is O=[N+]([O-])c1c(CBr)cnc(Br)c1C(F)F. The average molecular weight is 346 g/mol. The number of nitrogens with zero attached hydrogens (tertiary/aromatic N) is 2. The summed E-state index contributed by atoms with van der Waals surface area (Å²) in [7, 11) is 0. The number of aromatic nitrogens is 1. The average Bonchev–Trinajstić information content (AvgIpc) is 2.16. The molecule has 0 aliphatic heterocycles. The summed E-state index contributed by atoms with van der Waals surface area (Å²) in [6.07, 6.45) is -1.76. The molecule has 1 rings (SSSR count). The Kier molecular flexibility index (Phi) is 4.09.